The Morgan fingerprint density at radius 2 is 1.95 bits per heavy atom. The number of hydrogen-bond acceptors (Lipinski definition) is 1. The van der Waals surface area contributed by atoms with Crippen LogP contribution in [0, 0.1) is 11.3 Å². The lowest BCUT2D eigenvalue weighted by molar-refractivity contribution is 0.346. The molecule has 0 saturated carbocycles. The number of rotatable bonds is 9. The van der Waals surface area contributed by atoms with Crippen LogP contribution < -0.4 is 5.32 Å². The van der Waals surface area contributed by atoms with Crippen molar-refractivity contribution in [3.63, 3.8) is 0 Å². The minimum Gasteiger partial charge on any atom is -0.316 e. The first kappa shape index (κ1) is 16.0. The maximum absolute atomic E-state index is 4.02. The second kappa shape index (κ2) is 8.16. The fourth-order valence-corrected chi connectivity index (χ4v) is 2.25. The molecule has 0 aromatic heterocycles. The van der Waals surface area contributed by atoms with Gasteiger partial charge in [-0.2, -0.15) is 0 Å². The van der Waals surface area contributed by atoms with Crippen molar-refractivity contribution < 1.29 is 0 Å². The molecule has 1 N–H and O–H groups in total. The van der Waals surface area contributed by atoms with Gasteiger partial charge >= 0.3 is 0 Å². The van der Waals surface area contributed by atoms with Gasteiger partial charge in [0, 0.05) is 6.54 Å². The van der Waals surface area contributed by atoms with E-state index in [0.717, 1.165) is 19.5 Å². The quantitative estimate of drug-likeness (QED) is 0.646. The topological polar surface area (TPSA) is 12.0 Å². The standard InChI is InChI=1S/C18H29N/c1-5-18(4,15-19-14-16(2)3)13-9-12-17-10-7-6-8-11-17/h5-8,10-11,16,19H,1,9,12-15H2,2-4H3. The predicted molar refractivity (Wildman–Crippen MR) is 85.4 cm³/mol. The second-order valence-corrected chi connectivity index (χ2v) is 6.22. The summed E-state index contributed by atoms with van der Waals surface area (Å²) in [7, 11) is 0. The minimum atomic E-state index is 0.212. The summed E-state index contributed by atoms with van der Waals surface area (Å²) in [5.74, 6) is 0.707. The van der Waals surface area contributed by atoms with Crippen molar-refractivity contribution in [2.24, 2.45) is 11.3 Å². The molecule has 0 bridgehead atoms. The summed E-state index contributed by atoms with van der Waals surface area (Å²) in [4.78, 5) is 0. The van der Waals surface area contributed by atoms with E-state index in [-0.39, 0.29) is 5.41 Å². The number of aryl methyl sites for hydroxylation is 1. The molecule has 0 radical (unpaired) electrons. The third-order valence-corrected chi connectivity index (χ3v) is 3.63. The van der Waals surface area contributed by atoms with Crippen LogP contribution in [0.4, 0.5) is 0 Å². The van der Waals surface area contributed by atoms with Gasteiger partial charge in [0.15, 0.2) is 0 Å². The molecule has 1 aromatic rings. The largest absolute Gasteiger partial charge is 0.316 e. The zero-order chi connectivity index (χ0) is 14.1. The first-order valence-corrected chi connectivity index (χ1v) is 7.44. The number of nitrogens with one attached hydrogen (secondary N) is 1. The maximum atomic E-state index is 4.02. The van der Waals surface area contributed by atoms with Crippen LogP contribution in [0.1, 0.15) is 39.2 Å². The van der Waals surface area contributed by atoms with Crippen molar-refractivity contribution in [3.05, 3.63) is 48.6 Å². The summed E-state index contributed by atoms with van der Waals surface area (Å²) < 4.78 is 0. The molecule has 1 aromatic carbocycles. The van der Waals surface area contributed by atoms with E-state index >= 15 is 0 Å². The molecule has 1 atom stereocenters. The lowest BCUT2D eigenvalue weighted by Crippen LogP contribution is -2.32. The summed E-state index contributed by atoms with van der Waals surface area (Å²) >= 11 is 0. The summed E-state index contributed by atoms with van der Waals surface area (Å²) in [5.41, 5.74) is 1.65. The first-order chi connectivity index (χ1) is 9.06. The Kier molecular flexibility index (Phi) is 6.86. The fourth-order valence-electron chi connectivity index (χ4n) is 2.25. The highest BCUT2D eigenvalue weighted by atomic mass is 14.9. The highest BCUT2D eigenvalue weighted by molar-refractivity contribution is 5.14. The Morgan fingerprint density at radius 1 is 1.26 bits per heavy atom. The molecule has 0 spiro atoms. The molecule has 1 rings (SSSR count). The van der Waals surface area contributed by atoms with Crippen molar-refractivity contribution in [2.75, 3.05) is 13.1 Å². The van der Waals surface area contributed by atoms with Crippen molar-refractivity contribution in [2.45, 2.75) is 40.0 Å². The molecule has 1 unspecified atom stereocenters. The van der Waals surface area contributed by atoms with Gasteiger partial charge in [-0.15, -0.1) is 6.58 Å². The Balaban J connectivity index is 2.32. The molecule has 0 amide bonds. The molecular weight excluding hydrogens is 230 g/mol. The van der Waals surface area contributed by atoms with E-state index in [4.69, 9.17) is 0 Å². The molecular formula is C18H29N. The van der Waals surface area contributed by atoms with Gasteiger partial charge in [-0.25, -0.2) is 0 Å². The summed E-state index contributed by atoms with van der Waals surface area (Å²) in [6.07, 6.45) is 5.69. The molecule has 1 nitrogen and oxygen atoms in total. The van der Waals surface area contributed by atoms with E-state index in [1.54, 1.807) is 0 Å². The Bertz CT molecular complexity index is 355. The summed E-state index contributed by atoms with van der Waals surface area (Å²) in [5, 5.41) is 3.55. The molecule has 19 heavy (non-hydrogen) atoms. The molecule has 0 fully saturated rings. The Hall–Kier alpha value is -1.08. The zero-order valence-corrected chi connectivity index (χ0v) is 12.8. The summed E-state index contributed by atoms with van der Waals surface area (Å²) in [6.45, 7) is 12.9. The highest BCUT2D eigenvalue weighted by Crippen LogP contribution is 2.24. The van der Waals surface area contributed by atoms with E-state index in [2.05, 4.69) is 69.1 Å². The minimum absolute atomic E-state index is 0.212. The van der Waals surface area contributed by atoms with Gasteiger partial charge in [0.2, 0.25) is 0 Å². The van der Waals surface area contributed by atoms with E-state index in [0.29, 0.717) is 5.92 Å². The highest BCUT2D eigenvalue weighted by Gasteiger charge is 2.19. The third-order valence-electron chi connectivity index (χ3n) is 3.63. The molecule has 0 aliphatic heterocycles. The van der Waals surface area contributed by atoms with E-state index in [1.807, 2.05) is 0 Å². The van der Waals surface area contributed by atoms with Gasteiger partial charge in [0.25, 0.3) is 0 Å². The smallest absolute Gasteiger partial charge is 0.00399 e. The van der Waals surface area contributed by atoms with Gasteiger partial charge in [0.1, 0.15) is 0 Å². The molecule has 0 aliphatic carbocycles. The van der Waals surface area contributed by atoms with Crippen LogP contribution in [0.3, 0.4) is 0 Å². The second-order valence-electron chi connectivity index (χ2n) is 6.22. The van der Waals surface area contributed by atoms with Gasteiger partial charge in [0.05, 0.1) is 0 Å². The Morgan fingerprint density at radius 3 is 2.53 bits per heavy atom. The molecule has 0 heterocycles. The van der Waals surface area contributed by atoms with Crippen molar-refractivity contribution >= 4 is 0 Å². The normalized spacial score (nSPS) is 14.3. The number of hydrogen-bond donors (Lipinski definition) is 1. The van der Waals surface area contributed by atoms with Crippen LogP contribution in [0.2, 0.25) is 0 Å². The monoisotopic (exact) mass is 259 g/mol. The van der Waals surface area contributed by atoms with Crippen LogP contribution >= 0.6 is 0 Å². The van der Waals surface area contributed by atoms with Crippen LogP contribution in [0.15, 0.2) is 43.0 Å². The van der Waals surface area contributed by atoms with Gasteiger partial charge < -0.3 is 5.32 Å². The van der Waals surface area contributed by atoms with Gasteiger partial charge in [-0.3, -0.25) is 0 Å². The lowest BCUT2D eigenvalue weighted by Gasteiger charge is -2.26. The maximum Gasteiger partial charge on any atom is 0.00399 e. The average molecular weight is 259 g/mol. The van der Waals surface area contributed by atoms with Gasteiger partial charge in [-0.1, -0.05) is 57.2 Å². The number of benzene rings is 1. The van der Waals surface area contributed by atoms with Crippen LogP contribution in [0.5, 0.6) is 0 Å². The van der Waals surface area contributed by atoms with Crippen molar-refractivity contribution in [1.29, 1.82) is 0 Å². The first-order valence-electron chi connectivity index (χ1n) is 7.44. The van der Waals surface area contributed by atoms with Crippen molar-refractivity contribution in [3.8, 4) is 0 Å². The SMILES string of the molecule is C=CC(C)(CCCc1ccccc1)CNCC(C)C. The van der Waals surface area contributed by atoms with E-state index < -0.39 is 0 Å². The lowest BCUT2D eigenvalue weighted by atomic mass is 9.84. The van der Waals surface area contributed by atoms with Crippen molar-refractivity contribution in [1.82, 2.24) is 5.32 Å². The van der Waals surface area contributed by atoms with E-state index in [9.17, 15) is 0 Å². The van der Waals surface area contributed by atoms with Gasteiger partial charge in [-0.05, 0) is 42.7 Å². The fraction of sp³-hybridized carbons (Fsp3) is 0.556. The van der Waals surface area contributed by atoms with Crippen LogP contribution in [-0.2, 0) is 6.42 Å². The summed E-state index contributed by atoms with van der Waals surface area (Å²) in [6, 6.07) is 10.7. The molecule has 1 heteroatoms. The van der Waals surface area contributed by atoms with E-state index in [1.165, 1.54) is 18.4 Å². The molecule has 106 valence electrons. The van der Waals surface area contributed by atoms with Crippen LogP contribution in [-0.4, -0.2) is 13.1 Å². The molecule has 0 saturated heterocycles. The average Bonchev–Trinajstić information content (AvgIpc) is 2.39. The third kappa shape index (κ3) is 6.58. The molecule has 0 aliphatic rings. The van der Waals surface area contributed by atoms with Crippen LogP contribution in [0.25, 0.3) is 0 Å². The Labute approximate surface area is 119 Å². The zero-order valence-electron chi connectivity index (χ0n) is 12.8. The predicted octanol–water partition coefficient (Wildman–Crippen LogP) is 4.45.